The van der Waals surface area contributed by atoms with Crippen LogP contribution in [-0.4, -0.2) is 52.9 Å². The highest BCUT2D eigenvalue weighted by Gasteiger charge is 2.35. The van der Waals surface area contributed by atoms with Crippen LogP contribution >= 0.6 is 0 Å². The molecule has 0 atom stereocenters. The molecule has 0 aromatic heterocycles. The molecule has 0 spiro atoms. The predicted molar refractivity (Wildman–Crippen MR) is 198 cm³/mol. The van der Waals surface area contributed by atoms with Crippen molar-refractivity contribution in [1.29, 1.82) is 0 Å². The predicted octanol–water partition coefficient (Wildman–Crippen LogP) is 11.3. The van der Waals surface area contributed by atoms with Gasteiger partial charge in [0.2, 0.25) is 0 Å². The maximum absolute atomic E-state index is 5.76. The number of allylic oxidation sites excluding steroid dienone is 4. The van der Waals surface area contributed by atoms with E-state index in [4.69, 9.17) is 18.9 Å². The van der Waals surface area contributed by atoms with Crippen LogP contribution in [0.5, 0.6) is 0 Å². The van der Waals surface area contributed by atoms with Crippen molar-refractivity contribution in [3.8, 4) is 0 Å². The summed E-state index contributed by atoms with van der Waals surface area (Å²) in [6.07, 6.45) is 40.1. The zero-order valence-electron chi connectivity index (χ0n) is 31.7. The smallest absolute Gasteiger partial charge is 0.0571 e. The number of rotatable bonds is 11. The highest BCUT2D eigenvalue weighted by Crippen LogP contribution is 2.47. The van der Waals surface area contributed by atoms with Gasteiger partial charge in [-0.2, -0.15) is 0 Å². The Bertz CT molecular complexity index is 839. The van der Waals surface area contributed by atoms with Crippen LogP contribution in [-0.2, 0) is 18.9 Å². The second kappa shape index (κ2) is 18.7. The molecule has 6 fully saturated rings. The van der Waals surface area contributed by atoms with Gasteiger partial charge in [0.1, 0.15) is 0 Å². The van der Waals surface area contributed by atoms with E-state index in [0.29, 0.717) is 24.4 Å². The molecule has 0 amide bonds. The third-order valence-corrected chi connectivity index (χ3v) is 15.1. The van der Waals surface area contributed by atoms with E-state index in [1.54, 1.807) is 0 Å². The molecule has 0 bridgehead atoms. The number of methoxy groups -OCH3 is 4. The first-order chi connectivity index (χ1) is 23.6. The molecule has 48 heavy (non-hydrogen) atoms. The van der Waals surface area contributed by atoms with Gasteiger partial charge in [0, 0.05) is 28.4 Å². The van der Waals surface area contributed by atoms with E-state index in [1.165, 1.54) is 154 Å². The van der Waals surface area contributed by atoms with Crippen molar-refractivity contribution >= 4 is 0 Å². The van der Waals surface area contributed by atoms with Gasteiger partial charge in [-0.1, -0.05) is 23.3 Å². The summed E-state index contributed by atoms with van der Waals surface area (Å²) in [4.78, 5) is 0. The van der Waals surface area contributed by atoms with Crippen LogP contribution in [0.15, 0.2) is 23.3 Å². The Morgan fingerprint density at radius 2 is 0.542 bits per heavy atom. The largest absolute Gasteiger partial charge is 0.381 e. The summed E-state index contributed by atoms with van der Waals surface area (Å²) in [5.74, 6) is 6.80. The van der Waals surface area contributed by atoms with Crippen molar-refractivity contribution < 1.29 is 18.9 Å². The molecule has 4 nitrogen and oxygen atoms in total. The normalized spacial score (nSPS) is 41.3. The van der Waals surface area contributed by atoms with Crippen LogP contribution < -0.4 is 0 Å². The lowest BCUT2D eigenvalue weighted by atomic mass is 9.66. The van der Waals surface area contributed by atoms with Crippen molar-refractivity contribution in [1.82, 2.24) is 0 Å². The highest BCUT2D eigenvalue weighted by molar-refractivity contribution is 5.17. The lowest BCUT2D eigenvalue weighted by molar-refractivity contribution is 0.0506. The molecule has 6 saturated carbocycles. The standard InChI is InChI=1S/C44H74O4/c1-45-39-21-13-35(14-22-39)43(36-15-23-40(46-2)24-16-36)29-31-5-9-33(10-6-31)34-11-7-32(8-12-34)30-44(37-17-25-41(47-3)26-18-37)38-19-27-42(48-4)28-20-38/h29-42H,5-28H2,1-4H3. The van der Waals surface area contributed by atoms with Gasteiger partial charge >= 0.3 is 0 Å². The van der Waals surface area contributed by atoms with Gasteiger partial charge in [-0.05, 0) is 201 Å². The summed E-state index contributed by atoms with van der Waals surface area (Å²) < 4.78 is 23.0. The zero-order valence-corrected chi connectivity index (χ0v) is 31.7. The fourth-order valence-electron chi connectivity index (χ4n) is 11.8. The van der Waals surface area contributed by atoms with Crippen LogP contribution in [0, 0.1) is 47.3 Å². The average molecular weight is 667 g/mol. The lowest BCUT2D eigenvalue weighted by Gasteiger charge is -2.40. The first-order valence-electron chi connectivity index (χ1n) is 21.1. The zero-order chi connectivity index (χ0) is 33.3. The van der Waals surface area contributed by atoms with E-state index >= 15 is 0 Å². The summed E-state index contributed by atoms with van der Waals surface area (Å²) >= 11 is 0. The van der Waals surface area contributed by atoms with Crippen molar-refractivity contribution in [3.63, 3.8) is 0 Å². The number of hydrogen-bond acceptors (Lipinski definition) is 4. The molecule has 0 radical (unpaired) electrons. The molecule has 274 valence electrons. The summed E-state index contributed by atoms with van der Waals surface area (Å²) in [5.41, 5.74) is 3.74. The average Bonchev–Trinajstić information content (AvgIpc) is 3.17. The van der Waals surface area contributed by atoms with Gasteiger partial charge in [-0.25, -0.2) is 0 Å². The van der Waals surface area contributed by atoms with Crippen molar-refractivity contribution in [3.05, 3.63) is 23.3 Å². The van der Waals surface area contributed by atoms with E-state index in [0.717, 1.165) is 47.3 Å². The molecular weight excluding hydrogens is 592 g/mol. The monoisotopic (exact) mass is 667 g/mol. The quantitative estimate of drug-likeness (QED) is 0.206. The second-order valence-corrected chi connectivity index (χ2v) is 17.5. The van der Waals surface area contributed by atoms with Crippen LogP contribution in [0.2, 0.25) is 0 Å². The second-order valence-electron chi connectivity index (χ2n) is 17.5. The van der Waals surface area contributed by atoms with Crippen LogP contribution in [0.1, 0.15) is 154 Å². The van der Waals surface area contributed by atoms with E-state index in [9.17, 15) is 0 Å². The lowest BCUT2D eigenvalue weighted by Crippen LogP contribution is -2.29. The first kappa shape index (κ1) is 37.1. The summed E-state index contributed by atoms with van der Waals surface area (Å²) in [6.45, 7) is 0. The van der Waals surface area contributed by atoms with E-state index in [-0.39, 0.29) is 0 Å². The third kappa shape index (κ3) is 9.80. The van der Waals surface area contributed by atoms with Crippen molar-refractivity contribution in [2.75, 3.05) is 28.4 Å². The topological polar surface area (TPSA) is 36.9 Å². The van der Waals surface area contributed by atoms with Crippen LogP contribution in [0.3, 0.4) is 0 Å². The molecular formula is C44H74O4. The SMILES string of the molecule is COC1CCC(C(=CC2CCC(C3CCC(C=C(C4CCC(OC)CC4)C4CCC(OC)CC4)CC3)CC2)C2CCC(OC)CC2)CC1. The van der Waals surface area contributed by atoms with Gasteiger partial charge in [-0.15, -0.1) is 0 Å². The number of hydrogen-bond donors (Lipinski definition) is 0. The molecule has 4 heteroatoms. The Morgan fingerprint density at radius 1 is 0.312 bits per heavy atom. The molecule has 0 aliphatic heterocycles. The van der Waals surface area contributed by atoms with E-state index in [2.05, 4.69) is 12.2 Å². The van der Waals surface area contributed by atoms with Gasteiger partial charge < -0.3 is 18.9 Å². The van der Waals surface area contributed by atoms with Gasteiger partial charge in [0.15, 0.2) is 0 Å². The minimum Gasteiger partial charge on any atom is -0.381 e. The molecule has 6 aliphatic rings. The fraction of sp³-hybridized carbons (Fsp3) is 0.909. The van der Waals surface area contributed by atoms with Crippen molar-refractivity contribution in [2.24, 2.45) is 47.3 Å². The molecule has 6 aliphatic carbocycles. The molecule has 0 N–H and O–H groups in total. The van der Waals surface area contributed by atoms with Gasteiger partial charge in [-0.3, -0.25) is 0 Å². The maximum atomic E-state index is 5.76. The van der Waals surface area contributed by atoms with Gasteiger partial charge in [0.25, 0.3) is 0 Å². The van der Waals surface area contributed by atoms with Crippen LogP contribution in [0.4, 0.5) is 0 Å². The Morgan fingerprint density at radius 3 is 0.750 bits per heavy atom. The summed E-state index contributed by atoms with van der Waals surface area (Å²) in [6, 6.07) is 0. The third-order valence-electron chi connectivity index (χ3n) is 15.1. The van der Waals surface area contributed by atoms with E-state index in [1.807, 2.05) is 39.6 Å². The van der Waals surface area contributed by atoms with E-state index < -0.39 is 0 Å². The summed E-state index contributed by atoms with van der Waals surface area (Å²) in [5, 5.41) is 0. The molecule has 0 aromatic carbocycles. The fourth-order valence-corrected chi connectivity index (χ4v) is 11.8. The maximum Gasteiger partial charge on any atom is 0.0571 e. The Labute approximate surface area is 295 Å². The molecule has 0 saturated heterocycles. The molecule has 0 unspecified atom stereocenters. The van der Waals surface area contributed by atoms with Crippen LogP contribution in [0.25, 0.3) is 0 Å². The minimum absolute atomic E-state index is 0.492. The summed E-state index contributed by atoms with van der Waals surface area (Å²) in [7, 11) is 7.65. The molecule has 0 heterocycles. The first-order valence-corrected chi connectivity index (χ1v) is 21.1. The van der Waals surface area contributed by atoms with Crippen molar-refractivity contribution in [2.45, 2.75) is 179 Å². The Kier molecular flexibility index (Phi) is 14.5. The van der Waals surface area contributed by atoms with Gasteiger partial charge in [0.05, 0.1) is 24.4 Å². The minimum atomic E-state index is 0.492. The number of ether oxygens (including phenoxy) is 4. The molecule has 0 aromatic rings. The molecule has 6 rings (SSSR count). The Hall–Kier alpha value is -0.680. The Balaban J connectivity index is 1.02. The highest BCUT2D eigenvalue weighted by atomic mass is 16.5.